The predicted molar refractivity (Wildman–Crippen MR) is 87.3 cm³/mol. The highest BCUT2D eigenvalue weighted by atomic mass is 32.1. The summed E-state index contributed by atoms with van der Waals surface area (Å²) in [7, 11) is 0. The Morgan fingerprint density at radius 1 is 1.00 bits per heavy atom. The van der Waals surface area contributed by atoms with Crippen molar-refractivity contribution < 1.29 is 0 Å². The van der Waals surface area contributed by atoms with Crippen LogP contribution in [0.25, 0.3) is 21.0 Å². The van der Waals surface area contributed by atoms with Crippen molar-refractivity contribution in [2.45, 2.75) is 6.92 Å². The van der Waals surface area contributed by atoms with Gasteiger partial charge in [-0.1, -0.05) is 41.7 Å². The summed E-state index contributed by atoms with van der Waals surface area (Å²) < 4.78 is 1.19. The molecule has 1 N–H and O–H groups in total. The van der Waals surface area contributed by atoms with Gasteiger partial charge in [0.25, 0.3) is 0 Å². The van der Waals surface area contributed by atoms with Gasteiger partial charge in [0.15, 0.2) is 10.3 Å². The number of hydrogen-bond acceptors (Lipinski definition) is 5. The molecular weight excluding hydrogens is 286 g/mol. The van der Waals surface area contributed by atoms with Gasteiger partial charge in [0.1, 0.15) is 0 Å². The predicted octanol–water partition coefficient (Wildman–Crippen LogP) is 4.96. The zero-order valence-electron chi connectivity index (χ0n) is 10.8. The summed E-state index contributed by atoms with van der Waals surface area (Å²) >= 11 is 3.30. The zero-order chi connectivity index (χ0) is 13.5. The Bertz CT molecular complexity index is 908. The summed E-state index contributed by atoms with van der Waals surface area (Å²) in [6.07, 6.45) is 1.87. The molecule has 0 saturated heterocycles. The average Bonchev–Trinajstić information content (AvgIpc) is 3.05. The first-order chi connectivity index (χ1) is 9.79. The molecule has 2 aromatic carbocycles. The molecule has 0 unspecified atom stereocenters. The van der Waals surface area contributed by atoms with Crippen molar-refractivity contribution in [1.82, 2.24) is 9.97 Å². The summed E-state index contributed by atoms with van der Waals surface area (Å²) in [4.78, 5) is 10.2. The molecule has 3 nitrogen and oxygen atoms in total. The van der Waals surface area contributed by atoms with Crippen LogP contribution in [0.1, 0.15) is 4.88 Å². The molecule has 98 valence electrons. The van der Waals surface area contributed by atoms with Gasteiger partial charge < -0.3 is 5.32 Å². The van der Waals surface area contributed by atoms with Gasteiger partial charge in [-0.3, -0.25) is 0 Å². The van der Waals surface area contributed by atoms with Gasteiger partial charge in [0.05, 0.1) is 10.2 Å². The van der Waals surface area contributed by atoms with Crippen molar-refractivity contribution in [3.8, 4) is 0 Å². The third kappa shape index (κ3) is 1.95. The second-order valence-corrected chi connectivity index (χ2v) is 6.82. The van der Waals surface area contributed by atoms with Crippen LogP contribution in [0.3, 0.4) is 0 Å². The minimum atomic E-state index is 0.894. The zero-order valence-corrected chi connectivity index (χ0v) is 12.4. The van der Waals surface area contributed by atoms with E-state index in [1.165, 1.54) is 20.3 Å². The molecule has 2 aromatic heterocycles. The smallest absolute Gasteiger partial charge is 0.190 e. The number of nitrogens with one attached hydrogen (secondary N) is 1. The molecule has 0 fully saturated rings. The fraction of sp³-hybridized carbons (Fsp3) is 0.0667. The van der Waals surface area contributed by atoms with Crippen molar-refractivity contribution in [3.63, 3.8) is 0 Å². The molecule has 0 atom stereocenters. The molecule has 0 aliphatic carbocycles. The van der Waals surface area contributed by atoms with Gasteiger partial charge in [-0.15, -0.1) is 11.3 Å². The minimum Gasteiger partial charge on any atom is -0.307 e. The van der Waals surface area contributed by atoms with E-state index >= 15 is 0 Å². The highest BCUT2D eigenvalue weighted by Gasteiger charge is 2.08. The Morgan fingerprint density at radius 3 is 2.75 bits per heavy atom. The van der Waals surface area contributed by atoms with Crippen LogP contribution in [-0.4, -0.2) is 9.97 Å². The van der Waals surface area contributed by atoms with Crippen LogP contribution in [0.5, 0.6) is 0 Å². The third-order valence-electron chi connectivity index (χ3n) is 3.12. The second kappa shape index (κ2) is 4.54. The number of benzene rings is 2. The lowest BCUT2D eigenvalue weighted by molar-refractivity contribution is 1.35. The standard InChI is InChI=1S/C15H11N3S2/c1-9-8-16-14(19-9)18-15-17-13-11-5-3-2-4-10(11)6-7-12(13)20-15/h2-8H,1H3,(H,16,17,18). The molecule has 5 heteroatoms. The maximum Gasteiger partial charge on any atom is 0.190 e. The molecule has 0 spiro atoms. The van der Waals surface area contributed by atoms with E-state index in [2.05, 4.69) is 53.6 Å². The lowest BCUT2D eigenvalue weighted by atomic mass is 10.1. The number of thiazole rings is 2. The number of nitrogens with zero attached hydrogens (tertiary/aromatic N) is 2. The largest absolute Gasteiger partial charge is 0.307 e. The molecule has 0 radical (unpaired) electrons. The summed E-state index contributed by atoms with van der Waals surface area (Å²) in [5, 5.41) is 7.50. The van der Waals surface area contributed by atoms with Crippen LogP contribution in [0, 0.1) is 6.92 Å². The number of aryl methyl sites for hydroxylation is 1. The summed E-state index contributed by atoms with van der Waals surface area (Å²) in [5.41, 5.74) is 1.06. The van der Waals surface area contributed by atoms with E-state index in [9.17, 15) is 0 Å². The van der Waals surface area contributed by atoms with Gasteiger partial charge in [-0.2, -0.15) is 0 Å². The van der Waals surface area contributed by atoms with Crippen LogP contribution in [0.4, 0.5) is 10.3 Å². The highest BCUT2D eigenvalue weighted by molar-refractivity contribution is 7.23. The lowest BCUT2D eigenvalue weighted by Gasteiger charge is -1.96. The third-order valence-corrected chi connectivity index (χ3v) is 4.88. The van der Waals surface area contributed by atoms with Crippen LogP contribution in [0.15, 0.2) is 42.6 Å². The average molecular weight is 297 g/mol. The Kier molecular flexibility index (Phi) is 2.68. The van der Waals surface area contributed by atoms with E-state index in [0.29, 0.717) is 0 Å². The summed E-state index contributed by atoms with van der Waals surface area (Å²) in [6.45, 7) is 2.05. The maximum atomic E-state index is 4.72. The lowest BCUT2D eigenvalue weighted by Crippen LogP contribution is -1.86. The fourth-order valence-corrected chi connectivity index (χ4v) is 3.83. The molecular formula is C15H11N3S2. The molecule has 2 heterocycles. The highest BCUT2D eigenvalue weighted by Crippen LogP contribution is 2.33. The van der Waals surface area contributed by atoms with E-state index in [0.717, 1.165) is 15.8 Å². The fourth-order valence-electron chi connectivity index (χ4n) is 2.22. The summed E-state index contributed by atoms with van der Waals surface area (Å²) in [5.74, 6) is 0. The van der Waals surface area contributed by atoms with E-state index < -0.39 is 0 Å². The van der Waals surface area contributed by atoms with Gasteiger partial charge in [-0.25, -0.2) is 9.97 Å². The molecule has 4 aromatic rings. The Morgan fingerprint density at radius 2 is 1.90 bits per heavy atom. The van der Waals surface area contributed by atoms with Crippen molar-refractivity contribution in [2.24, 2.45) is 0 Å². The van der Waals surface area contributed by atoms with Crippen molar-refractivity contribution >= 4 is 53.9 Å². The van der Waals surface area contributed by atoms with Crippen LogP contribution in [-0.2, 0) is 0 Å². The normalized spacial score (nSPS) is 11.2. The Hall–Kier alpha value is -1.98. The Balaban J connectivity index is 1.84. The molecule has 0 aliphatic rings. The van der Waals surface area contributed by atoms with Crippen LogP contribution < -0.4 is 5.32 Å². The van der Waals surface area contributed by atoms with Gasteiger partial charge in [0, 0.05) is 16.5 Å². The first-order valence-electron chi connectivity index (χ1n) is 6.27. The first kappa shape index (κ1) is 11.8. The number of anilines is 2. The number of aromatic nitrogens is 2. The SMILES string of the molecule is Cc1cnc(Nc2nc3c(ccc4ccccc43)s2)s1. The number of rotatable bonds is 2. The molecule has 0 amide bonds. The van der Waals surface area contributed by atoms with Crippen LogP contribution in [0.2, 0.25) is 0 Å². The first-order valence-corrected chi connectivity index (χ1v) is 7.91. The Labute approximate surface area is 123 Å². The van der Waals surface area contributed by atoms with E-state index in [-0.39, 0.29) is 0 Å². The topological polar surface area (TPSA) is 37.8 Å². The number of fused-ring (bicyclic) bond motifs is 3. The monoisotopic (exact) mass is 297 g/mol. The van der Waals surface area contributed by atoms with Crippen LogP contribution >= 0.6 is 22.7 Å². The maximum absolute atomic E-state index is 4.72. The quantitative estimate of drug-likeness (QED) is 0.568. The second-order valence-electron chi connectivity index (χ2n) is 4.55. The van der Waals surface area contributed by atoms with E-state index in [4.69, 9.17) is 4.98 Å². The molecule has 20 heavy (non-hydrogen) atoms. The van der Waals surface area contributed by atoms with Gasteiger partial charge in [0.2, 0.25) is 0 Å². The van der Waals surface area contributed by atoms with Crippen molar-refractivity contribution in [1.29, 1.82) is 0 Å². The minimum absolute atomic E-state index is 0.894. The van der Waals surface area contributed by atoms with Gasteiger partial charge >= 0.3 is 0 Å². The molecule has 0 saturated carbocycles. The van der Waals surface area contributed by atoms with Crippen molar-refractivity contribution in [3.05, 3.63) is 47.5 Å². The van der Waals surface area contributed by atoms with Crippen molar-refractivity contribution in [2.75, 3.05) is 5.32 Å². The molecule has 4 rings (SSSR count). The van der Waals surface area contributed by atoms with Gasteiger partial charge in [-0.05, 0) is 18.4 Å². The summed E-state index contributed by atoms with van der Waals surface area (Å²) in [6, 6.07) is 12.6. The number of hydrogen-bond donors (Lipinski definition) is 1. The van der Waals surface area contributed by atoms with E-state index in [1.807, 2.05) is 6.20 Å². The van der Waals surface area contributed by atoms with E-state index in [1.54, 1.807) is 22.7 Å². The molecule has 0 aliphatic heterocycles. The molecule has 0 bridgehead atoms.